The summed E-state index contributed by atoms with van der Waals surface area (Å²) in [6.07, 6.45) is 5.60. The molecule has 0 saturated carbocycles. The van der Waals surface area contributed by atoms with E-state index in [1.807, 2.05) is 67.6 Å². The van der Waals surface area contributed by atoms with Gasteiger partial charge in [-0.3, -0.25) is 9.59 Å². The molecule has 0 bridgehead atoms. The lowest BCUT2D eigenvalue weighted by Gasteiger charge is -2.30. The maximum atomic E-state index is 13.9. The zero-order valence-corrected chi connectivity index (χ0v) is 21.6. The lowest BCUT2D eigenvalue weighted by atomic mass is 9.99. The molecule has 3 atom stereocenters. The van der Waals surface area contributed by atoms with Crippen molar-refractivity contribution in [3.05, 3.63) is 102 Å². The first kappa shape index (κ1) is 25.4. The molecule has 7 heteroatoms. The van der Waals surface area contributed by atoms with Crippen molar-refractivity contribution < 1.29 is 23.8 Å². The molecule has 0 radical (unpaired) electrons. The normalized spacial score (nSPS) is 22.6. The Hall–Kier alpha value is -4.26. The molecule has 3 aromatic carbocycles. The summed E-state index contributed by atoms with van der Waals surface area (Å²) in [4.78, 5) is 29.2. The summed E-state index contributed by atoms with van der Waals surface area (Å²) in [7, 11) is 1.68. The van der Waals surface area contributed by atoms with Crippen LogP contribution in [0.5, 0.6) is 17.2 Å². The zero-order valence-electron chi connectivity index (χ0n) is 21.6. The number of carbonyl (C=O) groups excluding carboxylic acids is 2. The van der Waals surface area contributed by atoms with Crippen LogP contribution in [0.25, 0.3) is 0 Å². The minimum Gasteiger partial charge on any atom is -0.490 e. The van der Waals surface area contributed by atoms with Crippen molar-refractivity contribution >= 4 is 11.8 Å². The van der Waals surface area contributed by atoms with Gasteiger partial charge in [-0.1, -0.05) is 60.7 Å². The van der Waals surface area contributed by atoms with E-state index in [4.69, 9.17) is 14.2 Å². The maximum Gasteiger partial charge on any atom is 0.258 e. The van der Waals surface area contributed by atoms with Crippen molar-refractivity contribution in [2.45, 2.75) is 44.4 Å². The molecule has 2 heterocycles. The monoisotopic (exact) mass is 512 g/mol. The Kier molecular flexibility index (Phi) is 7.63. The van der Waals surface area contributed by atoms with Crippen molar-refractivity contribution in [3.63, 3.8) is 0 Å². The van der Waals surface area contributed by atoms with Crippen LogP contribution in [0.1, 0.15) is 47.3 Å². The number of ether oxygens (including phenoxy) is 3. The summed E-state index contributed by atoms with van der Waals surface area (Å²) >= 11 is 0. The highest BCUT2D eigenvalue weighted by Gasteiger charge is 2.31. The highest BCUT2D eigenvalue weighted by atomic mass is 16.7. The smallest absolute Gasteiger partial charge is 0.258 e. The number of amides is 2. The van der Waals surface area contributed by atoms with Crippen molar-refractivity contribution in [1.82, 2.24) is 10.2 Å². The van der Waals surface area contributed by atoms with Crippen molar-refractivity contribution in [2.24, 2.45) is 0 Å². The number of hydrogen-bond donors (Lipinski definition) is 1. The van der Waals surface area contributed by atoms with Gasteiger partial charge >= 0.3 is 0 Å². The summed E-state index contributed by atoms with van der Waals surface area (Å²) in [6.45, 7) is 2.16. The second-order valence-corrected chi connectivity index (χ2v) is 9.66. The van der Waals surface area contributed by atoms with E-state index in [1.54, 1.807) is 19.2 Å². The van der Waals surface area contributed by atoms with Crippen LogP contribution >= 0.6 is 0 Å². The van der Waals surface area contributed by atoms with Gasteiger partial charge in [-0.2, -0.15) is 0 Å². The number of nitrogens with one attached hydrogen (secondary N) is 1. The summed E-state index contributed by atoms with van der Waals surface area (Å²) in [5.41, 5.74) is 2.30. The van der Waals surface area contributed by atoms with Gasteiger partial charge in [-0.05, 0) is 48.7 Å². The number of hydrogen-bond acceptors (Lipinski definition) is 5. The van der Waals surface area contributed by atoms with E-state index in [9.17, 15) is 9.59 Å². The van der Waals surface area contributed by atoms with Crippen LogP contribution in [0.4, 0.5) is 0 Å². The molecule has 0 fully saturated rings. The molecular weight excluding hydrogens is 480 g/mol. The fourth-order valence-corrected chi connectivity index (χ4v) is 4.78. The minimum atomic E-state index is -0.737. The quantitative estimate of drug-likeness (QED) is 0.496. The molecule has 2 aliphatic heterocycles. The summed E-state index contributed by atoms with van der Waals surface area (Å²) in [5, 5.41) is 3.22. The van der Waals surface area contributed by atoms with E-state index in [1.165, 1.54) is 4.90 Å². The Bertz CT molecular complexity index is 1320. The second kappa shape index (κ2) is 11.4. The third-order valence-corrected chi connectivity index (χ3v) is 6.93. The summed E-state index contributed by atoms with van der Waals surface area (Å²) in [6, 6.07) is 21.6. The Morgan fingerprint density at radius 3 is 2.45 bits per heavy atom. The van der Waals surface area contributed by atoms with Gasteiger partial charge in [0.05, 0.1) is 17.7 Å². The Labute approximate surface area is 223 Å². The summed E-state index contributed by atoms with van der Waals surface area (Å²) < 4.78 is 17.2. The molecule has 38 heavy (non-hydrogen) atoms. The number of rotatable bonds is 3. The zero-order chi connectivity index (χ0) is 26.5. The lowest BCUT2D eigenvalue weighted by molar-refractivity contribution is -0.126. The number of para-hydroxylation sites is 1. The third-order valence-electron chi connectivity index (χ3n) is 6.93. The molecule has 0 aliphatic carbocycles. The first-order valence-electron chi connectivity index (χ1n) is 12.9. The Morgan fingerprint density at radius 2 is 1.61 bits per heavy atom. The molecule has 1 N–H and O–H groups in total. The predicted octanol–water partition coefficient (Wildman–Crippen LogP) is 5.07. The van der Waals surface area contributed by atoms with E-state index in [0.29, 0.717) is 42.1 Å². The molecule has 3 aromatic rings. The molecule has 0 spiro atoms. The number of likely N-dealkylation sites (N-methyl/N-ethyl adjacent to an activating group) is 1. The lowest BCUT2D eigenvalue weighted by Crippen LogP contribution is -2.49. The van der Waals surface area contributed by atoms with Crippen LogP contribution in [0.15, 0.2) is 84.9 Å². The molecule has 0 aromatic heterocycles. The van der Waals surface area contributed by atoms with Gasteiger partial charge in [0.15, 0.2) is 11.5 Å². The number of carbonyl (C=O) groups is 2. The Morgan fingerprint density at radius 1 is 0.868 bits per heavy atom. The molecule has 0 unspecified atom stereocenters. The third kappa shape index (κ3) is 5.67. The second-order valence-electron chi connectivity index (χ2n) is 9.66. The van der Waals surface area contributed by atoms with Crippen LogP contribution in [-0.2, 0) is 11.2 Å². The van der Waals surface area contributed by atoms with E-state index >= 15 is 0 Å². The van der Waals surface area contributed by atoms with Gasteiger partial charge < -0.3 is 24.4 Å². The van der Waals surface area contributed by atoms with E-state index in [2.05, 4.69) is 17.5 Å². The number of nitrogens with zero attached hydrogens (tertiary/aromatic N) is 1. The predicted molar refractivity (Wildman–Crippen MR) is 144 cm³/mol. The first-order valence-corrected chi connectivity index (χ1v) is 12.9. The molecule has 2 amide bonds. The van der Waals surface area contributed by atoms with Crippen LogP contribution in [-0.4, -0.2) is 42.7 Å². The largest absolute Gasteiger partial charge is 0.490 e. The van der Waals surface area contributed by atoms with E-state index in [0.717, 1.165) is 11.1 Å². The van der Waals surface area contributed by atoms with Crippen LogP contribution in [0, 0.1) is 0 Å². The van der Waals surface area contributed by atoms with Crippen molar-refractivity contribution in [1.29, 1.82) is 0 Å². The van der Waals surface area contributed by atoms with Gasteiger partial charge in [0.2, 0.25) is 12.7 Å². The number of fused-ring (bicyclic) bond motifs is 2. The molecule has 2 aliphatic rings. The molecule has 5 rings (SSSR count). The SMILES string of the molecule is C[C@H]1C/C=C/C[C@@H](c2ccc3c(c2)OCO3)NC(=O)[C@H](Cc2ccccc2)N(C)C(=O)c2ccccc2O1. The fourth-order valence-electron chi connectivity index (χ4n) is 4.78. The van der Waals surface area contributed by atoms with Crippen LogP contribution in [0.2, 0.25) is 0 Å². The maximum absolute atomic E-state index is 13.9. The highest BCUT2D eigenvalue weighted by Crippen LogP contribution is 2.35. The van der Waals surface area contributed by atoms with Crippen LogP contribution in [0.3, 0.4) is 0 Å². The molecule has 196 valence electrons. The Balaban J connectivity index is 1.51. The number of benzene rings is 3. The average molecular weight is 513 g/mol. The van der Waals surface area contributed by atoms with Gasteiger partial charge in [0.25, 0.3) is 5.91 Å². The highest BCUT2D eigenvalue weighted by molar-refractivity contribution is 5.99. The van der Waals surface area contributed by atoms with Gasteiger partial charge in [-0.15, -0.1) is 0 Å². The van der Waals surface area contributed by atoms with E-state index < -0.39 is 6.04 Å². The fraction of sp³-hybridized carbons (Fsp3) is 0.290. The van der Waals surface area contributed by atoms with Crippen molar-refractivity contribution in [2.75, 3.05) is 13.8 Å². The standard InChI is InChI=1S/C31H32N2O5/c1-21-10-6-8-14-25(23-16-17-28-29(19-23)37-20-36-28)32-30(34)26(18-22-11-4-3-5-12-22)33(2)31(35)24-13-7-9-15-27(24)38-21/h3-9,11-13,15-17,19,21,25-26H,10,14,18,20H2,1-2H3,(H,32,34)/b8-6+/t21-,25-,26-/m0/s1. The van der Waals surface area contributed by atoms with E-state index in [-0.39, 0.29) is 30.8 Å². The van der Waals surface area contributed by atoms with Crippen LogP contribution < -0.4 is 19.5 Å². The average Bonchev–Trinajstić information content (AvgIpc) is 3.41. The van der Waals surface area contributed by atoms with Gasteiger partial charge in [-0.25, -0.2) is 0 Å². The first-order chi connectivity index (χ1) is 18.5. The topological polar surface area (TPSA) is 77.1 Å². The molecule has 7 nitrogen and oxygen atoms in total. The van der Waals surface area contributed by atoms with Crippen molar-refractivity contribution in [3.8, 4) is 17.2 Å². The van der Waals surface area contributed by atoms with Gasteiger partial charge in [0.1, 0.15) is 11.8 Å². The minimum absolute atomic E-state index is 0.132. The molecule has 0 saturated heterocycles. The summed E-state index contributed by atoms with van der Waals surface area (Å²) in [5.74, 6) is 1.36. The van der Waals surface area contributed by atoms with Gasteiger partial charge in [0, 0.05) is 19.9 Å². The molecular formula is C31H32N2O5.